The van der Waals surface area contributed by atoms with Crippen LogP contribution < -0.4 is 0 Å². The molecule has 0 aliphatic heterocycles. The third kappa shape index (κ3) is 2.21. The number of aromatic nitrogens is 3. The Kier molecular flexibility index (Phi) is 2.52. The molecule has 0 bridgehead atoms. The van der Waals surface area contributed by atoms with Gasteiger partial charge in [-0.05, 0) is 6.07 Å². The predicted molar refractivity (Wildman–Crippen MR) is 61.8 cm³/mol. The summed E-state index contributed by atoms with van der Waals surface area (Å²) in [7, 11) is 0. The lowest BCUT2D eigenvalue weighted by molar-refractivity contribution is 0.568. The van der Waals surface area contributed by atoms with Crippen molar-refractivity contribution in [1.82, 2.24) is 15.0 Å². The standard InChI is InChI=1S/C11H13N3S/c1-11(2,3)8-4-5-12-9(14-8)10-13-6-7-15-10/h4-7H,1-3H3. The van der Waals surface area contributed by atoms with Gasteiger partial charge in [-0.3, -0.25) is 0 Å². The number of nitrogens with zero attached hydrogens (tertiary/aromatic N) is 3. The molecule has 4 heteroatoms. The Balaban J connectivity index is 2.44. The first-order valence-corrected chi connectivity index (χ1v) is 5.69. The van der Waals surface area contributed by atoms with E-state index in [1.54, 1.807) is 23.7 Å². The van der Waals surface area contributed by atoms with Gasteiger partial charge in [0, 0.05) is 28.9 Å². The summed E-state index contributed by atoms with van der Waals surface area (Å²) in [5.74, 6) is 0.720. The summed E-state index contributed by atoms with van der Waals surface area (Å²) in [6.45, 7) is 6.42. The minimum absolute atomic E-state index is 0.0505. The monoisotopic (exact) mass is 219 g/mol. The van der Waals surface area contributed by atoms with Gasteiger partial charge in [0.05, 0.1) is 0 Å². The topological polar surface area (TPSA) is 38.7 Å². The van der Waals surface area contributed by atoms with Crippen molar-refractivity contribution in [1.29, 1.82) is 0 Å². The number of hydrogen-bond donors (Lipinski definition) is 0. The summed E-state index contributed by atoms with van der Waals surface area (Å²) >= 11 is 1.56. The second-order valence-electron chi connectivity index (χ2n) is 4.35. The lowest BCUT2D eigenvalue weighted by Gasteiger charge is -2.17. The van der Waals surface area contributed by atoms with E-state index in [2.05, 4.69) is 35.7 Å². The molecule has 0 N–H and O–H groups in total. The maximum Gasteiger partial charge on any atom is 0.188 e. The quantitative estimate of drug-likeness (QED) is 0.740. The second kappa shape index (κ2) is 3.70. The zero-order chi connectivity index (χ0) is 10.9. The van der Waals surface area contributed by atoms with E-state index >= 15 is 0 Å². The third-order valence-corrected chi connectivity index (χ3v) is 2.82. The number of rotatable bonds is 1. The molecule has 0 amide bonds. The van der Waals surface area contributed by atoms with Crippen LogP contribution in [0.2, 0.25) is 0 Å². The average Bonchev–Trinajstić information content (AvgIpc) is 2.69. The molecule has 0 aromatic carbocycles. The van der Waals surface area contributed by atoms with Crippen molar-refractivity contribution in [3.8, 4) is 10.8 Å². The van der Waals surface area contributed by atoms with Gasteiger partial charge in [0.1, 0.15) is 0 Å². The fourth-order valence-electron chi connectivity index (χ4n) is 1.21. The summed E-state index contributed by atoms with van der Waals surface area (Å²) in [6.07, 6.45) is 3.57. The molecule has 2 aromatic heterocycles. The van der Waals surface area contributed by atoms with Crippen LogP contribution in [0.1, 0.15) is 26.5 Å². The summed E-state index contributed by atoms with van der Waals surface area (Å²) in [4.78, 5) is 13.0. The Morgan fingerprint density at radius 3 is 2.53 bits per heavy atom. The Hall–Kier alpha value is -1.29. The molecule has 2 heterocycles. The van der Waals surface area contributed by atoms with Crippen LogP contribution in [0, 0.1) is 0 Å². The normalized spacial score (nSPS) is 11.7. The van der Waals surface area contributed by atoms with E-state index in [0.29, 0.717) is 0 Å². The van der Waals surface area contributed by atoms with Crippen LogP contribution in [0.25, 0.3) is 10.8 Å². The molecule has 2 rings (SSSR count). The first-order valence-electron chi connectivity index (χ1n) is 4.81. The van der Waals surface area contributed by atoms with E-state index in [-0.39, 0.29) is 5.41 Å². The molecule has 0 atom stereocenters. The van der Waals surface area contributed by atoms with Crippen LogP contribution in [-0.4, -0.2) is 15.0 Å². The van der Waals surface area contributed by atoms with E-state index in [1.165, 1.54) is 0 Å². The largest absolute Gasteiger partial charge is 0.241 e. The molecule has 2 aromatic rings. The minimum Gasteiger partial charge on any atom is -0.241 e. The lowest BCUT2D eigenvalue weighted by Crippen LogP contribution is -2.14. The molecule has 0 fully saturated rings. The highest BCUT2D eigenvalue weighted by Gasteiger charge is 2.16. The molecular formula is C11H13N3S. The van der Waals surface area contributed by atoms with Gasteiger partial charge in [-0.15, -0.1) is 11.3 Å². The second-order valence-corrected chi connectivity index (χ2v) is 5.25. The number of thiazole rings is 1. The first-order chi connectivity index (χ1) is 7.07. The Bertz CT molecular complexity index is 443. The molecule has 0 aliphatic rings. The molecular weight excluding hydrogens is 206 g/mol. The Morgan fingerprint density at radius 2 is 1.93 bits per heavy atom. The minimum atomic E-state index is 0.0505. The zero-order valence-corrected chi connectivity index (χ0v) is 9.88. The van der Waals surface area contributed by atoms with Gasteiger partial charge in [0.2, 0.25) is 0 Å². The van der Waals surface area contributed by atoms with Crippen LogP contribution in [0.15, 0.2) is 23.8 Å². The summed E-state index contributed by atoms with van der Waals surface area (Å²) in [5, 5.41) is 2.81. The van der Waals surface area contributed by atoms with Crippen LogP contribution in [0.4, 0.5) is 0 Å². The summed E-state index contributed by atoms with van der Waals surface area (Å²) < 4.78 is 0. The first kappa shape index (κ1) is 10.2. The molecule has 0 unspecified atom stereocenters. The zero-order valence-electron chi connectivity index (χ0n) is 9.06. The SMILES string of the molecule is CC(C)(C)c1ccnc(-c2nccs2)n1. The fourth-order valence-corrected chi connectivity index (χ4v) is 1.79. The van der Waals surface area contributed by atoms with E-state index in [9.17, 15) is 0 Å². The van der Waals surface area contributed by atoms with Gasteiger partial charge in [0.15, 0.2) is 10.8 Å². The van der Waals surface area contributed by atoms with Crippen LogP contribution >= 0.6 is 11.3 Å². The highest BCUT2D eigenvalue weighted by atomic mass is 32.1. The molecule has 78 valence electrons. The van der Waals surface area contributed by atoms with Crippen LogP contribution in [-0.2, 0) is 5.41 Å². The average molecular weight is 219 g/mol. The molecule has 0 aliphatic carbocycles. The maximum atomic E-state index is 4.52. The van der Waals surface area contributed by atoms with Gasteiger partial charge in [-0.25, -0.2) is 15.0 Å². The van der Waals surface area contributed by atoms with Crippen molar-refractivity contribution in [3.63, 3.8) is 0 Å². The van der Waals surface area contributed by atoms with Crippen molar-refractivity contribution >= 4 is 11.3 Å². The van der Waals surface area contributed by atoms with Crippen LogP contribution in [0.3, 0.4) is 0 Å². The molecule has 0 saturated carbocycles. The summed E-state index contributed by atoms with van der Waals surface area (Å²) in [6, 6.07) is 1.96. The fraction of sp³-hybridized carbons (Fsp3) is 0.364. The summed E-state index contributed by atoms with van der Waals surface area (Å²) in [5.41, 5.74) is 1.09. The van der Waals surface area contributed by atoms with Gasteiger partial charge in [0.25, 0.3) is 0 Å². The Morgan fingerprint density at radius 1 is 1.13 bits per heavy atom. The Labute approximate surface area is 93.2 Å². The maximum absolute atomic E-state index is 4.52. The van der Waals surface area contributed by atoms with Crippen molar-refractivity contribution in [2.24, 2.45) is 0 Å². The smallest absolute Gasteiger partial charge is 0.188 e. The van der Waals surface area contributed by atoms with Crippen molar-refractivity contribution in [3.05, 3.63) is 29.5 Å². The molecule has 15 heavy (non-hydrogen) atoms. The molecule has 0 radical (unpaired) electrons. The van der Waals surface area contributed by atoms with E-state index < -0.39 is 0 Å². The van der Waals surface area contributed by atoms with Gasteiger partial charge >= 0.3 is 0 Å². The third-order valence-electron chi connectivity index (χ3n) is 2.05. The van der Waals surface area contributed by atoms with E-state index in [1.807, 2.05) is 11.4 Å². The van der Waals surface area contributed by atoms with E-state index in [4.69, 9.17) is 0 Å². The highest BCUT2D eigenvalue weighted by Crippen LogP contribution is 2.23. The molecule has 3 nitrogen and oxygen atoms in total. The predicted octanol–water partition coefficient (Wildman–Crippen LogP) is 2.90. The highest BCUT2D eigenvalue weighted by molar-refractivity contribution is 7.12. The van der Waals surface area contributed by atoms with Gasteiger partial charge in [-0.2, -0.15) is 0 Å². The lowest BCUT2D eigenvalue weighted by atomic mass is 9.92. The van der Waals surface area contributed by atoms with Crippen molar-refractivity contribution < 1.29 is 0 Å². The van der Waals surface area contributed by atoms with Crippen molar-refractivity contribution in [2.45, 2.75) is 26.2 Å². The molecule has 0 spiro atoms. The van der Waals surface area contributed by atoms with Gasteiger partial charge in [-0.1, -0.05) is 20.8 Å². The molecule has 0 saturated heterocycles. The van der Waals surface area contributed by atoms with Crippen molar-refractivity contribution in [2.75, 3.05) is 0 Å². The van der Waals surface area contributed by atoms with E-state index in [0.717, 1.165) is 16.5 Å². The van der Waals surface area contributed by atoms with Crippen LogP contribution in [0.5, 0.6) is 0 Å². The number of hydrogen-bond acceptors (Lipinski definition) is 4. The van der Waals surface area contributed by atoms with Gasteiger partial charge < -0.3 is 0 Å².